The molecule has 0 bridgehead atoms. The van der Waals surface area contributed by atoms with Gasteiger partial charge in [-0.1, -0.05) is 41.4 Å². The first kappa shape index (κ1) is 17.6. The van der Waals surface area contributed by atoms with Crippen molar-refractivity contribution in [2.24, 2.45) is 0 Å². The van der Waals surface area contributed by atoms with Crippen molar-refractivity contribution >= 4 is 45.9 Å². The van der Waals surface area contributed by atoms with E-state index in [1.54, 1.807) is 42.5 Å². The van der Waals surface area contributed by atoms with Crippen molar-refractivity contribution in [3.8, 4) is 11.5 Å². The normalized spacial score (nSPS) is 10.9. The van der Waals surface area contributed by atoms with Gasteiger partial charge >= 0.3 is 0 Å². The van der Waals surface area contributed by atoms with E-state index < -0.39 is 0 Å². The zero-order chi connectivity index (χ0) is 19.0. The van der Waals surface area contributed by atoms with E-state index in [0.29, 0.717) is 38.3 Å². The fourth-order valence-electron chi connectivity index (χ4n) is 2.74. The molecule has 0 unspecified atom stereocenters. The van der Waals surface area contributed by atoms with Gasteiger partial charge in [-0.05, 0) is 55.0 Å². The first-order chi connectivity index (χ1) is 13.0. The summed E-state index contributed by atoms with van der Waals surface area (Å²) in [6.45, 7) is 1.99. The maximum Gasteiger partial charge on any atom is 0.257 e. The predicted molar refractivity (Wildman–Crippen MR) is 109 cm³/mol. The Bertz CT molecular complexity index is 1170. The minimum atomic E-state index is -0.340. The van der Waals surface area contributed by atoms with Crippen LogP contribution in [-0.4, -0.2) is 10.9 Å². The van der Waals surface area contributed by atoms with E-state index in [9.17, 15) is 4.79 Å². The maximum absolute atomic E-state index is 12.5. The molecule has 0 saturated carbocycles. The number of carbonyl (C=O) groups is 1. The lowest BCUT2D eigenvalue weighted by Gasteiger charge is -2.09. The number of fused-ring (bicyclic) bond motifs is 1. The van der Waals surface area contributed by atoms with Gasteiger partial charge in [0.05, 0.1) is 21.3 Å². The number of aromatic nitrogens is 1. The largest absolute Gasteiger partial charge is 0.436 e. The van der Waals surface area contributed by atoms with E-state index >= 15 is 0 Å². The first-order valence-electron chi connectivity index (χ1n) is 8.24. The van der Waals surface area contributed by atoms with E-state index in [2.05, 4.69) is 10.3 Å². The Morgan fingerprint density at radius 2 is 1.81 bits per heavy atom. The number of benzene rings is 3. The molecule has 1 amide bonds. The van der Waals surface area contributed by atoms with Crippen LogP contribution in [0.5, 0.6) is 0 Å². The molecule has 6 heteroatoms. The molecule has 27 heavy (non-hydrogen) atoms. The molecule has 1 aromatic heterocycles. The molecule has 134 valence electrons. The van der Waals surface area contributed by atoms with E-state index in [1.807, 2.05) is 25.1 Å². The summed E-state index contributed by atoms with van der Waals surface area (Å²) in [5.41, 5.74) is 4.11. The molecule has 4 rings (SSSR count). The predicted octanol–water partition coefficient (Wildman–Crippen LogP) is 6.36. The third-order valence-electron chi connectivity index (χ3n) is 4.12. The summed E-state index contributed by atoms with van der Waals surface area (Å²) in [6, 6.07) is 17.9. The standard InChI is InChI=1S/C21H14Cl2N2O2/c1-12-6-9-17-19(10-12)27-21(25-17)13-7-8-16(23)18(11-13)24-20(26)14-4-2-3-5-15(14)22/h2-11H,1H3,(H,24,26). The molecule has 4 nitrogen and oxygen atoms in total. The number of rotatable bonds is 3. The Kier molecular flexibility index (Phi) is 4.60. The third kappa shape index (κ3) is 3.54. The Morgan fingerprint density at radius 1 is 1.00 bits per heavy atom. The Hall–Kier alpha value is -2.82. The fourth-order valence-corrected chi connectivity index (χ4v) is 3.13. The van der Waals surface area contributed by atoms with Crippen LogP contribution in [0.15, 0.2) is 65.1 Å². The minimum Gasteiger partial charge on any atom is -0.436 e. The second-order valence-electron chi connectivity index (χ2n) is 6.12. The number of aryl methyl sites for hydroxylation is 1. The number of nitrogens with one attached hydrogen (secondary N) is 1. The molecule has 0 aliphatic carbocycles. The number of oxazole rings is 1. The Morgan fingerprint density at radius 3 is 2.63 bits per heavy atom. The highest BCUT2D eigenvalue weighted by atomic mass is 35.5. The van der Waals surface area contributed by atoms with E-state index in [4.69, 9.17) is 27.6 Å². The summed E-state index contributed by atoms with van der Waals surface area (Å²) in [5.74, 6) is 0.119. The first-order valence-corrected chi connectivity index (χ1v) is 9.00. The summed E-state index contributed by atoms with van der Waals surface area (Å²) in [7, 11) is 0. The van der Waals surface area contributed by atoms with Crippen molar-refractivity contribution in [1.29, 1.82) is 0 Å². The van der Waals surface area contributed by atoms with Crippen molar-refractivity contribution in [2.75, 3.05) is 5.32 Å². The maximum atomic E-state index is 12.5. The fraction of sp³-hybridized carbons (Fsp3) is 0.0476. The smallest absolute Gasteiger partial charge is 0.257 e. The molecular weight excluding hydrogens is 383 g/mol. The number of hydrogen-bond donors (Lipinski definition) is 1. The van der Waals surface area contributed by atoms with Crippen molar-refractivity contribution in [1.82, 2.24) is 4.98 Å². The molecular formula is C21H14Cl2N2O2. The number of halogens is 2. The minimum absolute atomic E-state index is 0.340. The van der Waals surface area contributed by atoms with Crippen molar-refractivity contribution in [3.05, 3.63) is 81.8 Å². The molecule has 0 aliphatic heterocycles. The number of hydrogen-bond acceptors (Lipinski definition) is 3. The van der Waals surface area contributed by atoms with Crippen LogP contribution in [0.4, 0.5) is 5.69 Å². The molecule has 0 atom stereocenters. The van der Waals surface area contributed by atoms with Gasteiger partial charge in [0.1, 0.15) is 5.52 Å². The lowest BCUT2D eigenvalue weighted by Crippen LogP contribution is -2.12. The highest BCUT2D eigenvalue weighted by molar-refractivity contribution is 6.36. The summed E-state index contributed by atoms with van der Waals surface area (Å²) in [4.78, 5) is 17.0. The SMILES string of the molecule is Cc1ccc2nc(-c3ccc(Cl)c(NC(=O)c4ccccc4Cl)c3)oc2c1. The zero-order valence-corrected chi connectivity index (χ0v) is 15.8. The summed E-state index contributed by atoms with van der Waals surface area (Å²) in [6.07, 6.45) is 0. The zero-order valence-electron chi connectivity index (χ0n) is 14.3. The van der Waals surface area contributed by atoms with Gasteiger partial charge < -0.3 is 9.73 Å². The van der Waals surface area contributed by atoms with Crippen molar-refractivity contribution < 1.29 is 9.21 Å². The van der Waals surface area contributed by atoms with E-state index in [1.165, 1.54) is 0 Å². The van der Waals surface area contributed by atoms with Crippen LogP contribution in [0, 0.1) is 6.92 Å². The average molecular weight is 397 g/mol. The van der Waals surface area contributed by atoms with Crippen LogP contribution in [0.1, 0.15) is 15.9 Å². The van der Waals surface area contributed by atoms with Crippen molar-refractivity contribution in [3.63, 3.8) is 0 Å². The lowest BCUT2D eigenvalue weighted by atomic mass is 10.1. The van der Waals surface area contributed by atoms with Gasteiger partial charge in [-0.3, -0.25) is 4.79 Å². The quantitative estimate of drug-likeness (QED) is 0.438. The average Bonchev–Trinajstić information content (AvgIpc) is 3.07. The molecule has 0 saturated heterocycles. The number of anilines is 1. The molecule has 4 aromatic rings. The van der Waals surface area contributed by atoms with E-state index in [0.717, 1.165) is 11.1 Å². The van der Waals surface area contributed by atoms with Crippen LogP contribution in [0.25, 0.3) is 22.6 Å². The number of carbonyl (C=O) groups excluding carboxylic acids is 1. The Labute approximate surface area is 165 Å². The molecule has 1 N–H and O–H groups in total. The van der Waals surface area contributed by atoms with Crippen molar-refractivity contribution in [2.45, 2.75) is 6.92 Å². The van der Waals surface area contributed by atoms with Gasteiger partial charge in [0.15, 0.2) is 5.58 Å². The second-order valence-corrected chi connectivity index (χ2v) is 6.93. The topological polar surface area (TPSA) is 55.1 Å². The van der Waals surface area contributed by atoms with Gasteiger partial charge in [0, 0.05) is 5.56 Å². The van der Waals surface area contributed by atoms with E-state index in [-0.39, 0.29) is 5.91 Å². The van der Waals surface area contributed by atoms with Gasteiger partial charge in [-0.25, -0.2) is 4.98 Å². The number of amides is 1. The molecule has 0 spiro atoms. The number of nitrogens with zero attached hydrogens (tertiary/aromatic N) is 1. The summed E-state index contributed by atoms with van der Waals surface area (Å²) >= 11 is 12.3. The molecule has 0 fully saturated rings. The highest BCUT2D eigenvalue weighted by Gasteiger charge is 2.14. The van der Waals surface area contributed by atoms with Crippen LogP contribution >= 0.6 is 23.2 Å². The van der Waals surface area contributed by atoms with Gasteiger partial charge in [-0.2, -0.15) is 0 Å². The van der Waals surface area contributed by atoms with Crippen LogP contribution in [0.3, 0.4) is 0 Å². The van der Waals surface area contributed by atoms with Gasteiger partial charge in [-0.15, -0.1) is 0 Å². The van der Waals surface area contributed by atoms with Crippen LogP contribution < -0.4 is 5.32 Å². The van der Waals surface area contributed by atoms with Crippen LogP contribution in [-0.2, 0) is 0 Å². The summed E-state index contributed by atoms with van der Waals surface area (Å²) in [5, 5.41) is 3.58. The van der Waals surface area contributed by atoms with Gasteiger partial charge in [0.25, 0.3) is 5.91 Å². The Balaban J connectivity index is 1.68. The highest BCUT2D eigenvalue weighted by Crippen LogP contribution is 2.31. The van der Waals surface area contributed by atoms with Crippen LogP contribution in [0.2, 0.25) is 10.0 Å². The molecule has 0 aliphatic rings. The molecule has 1 heterocycles. The van der Waals surface area contributed by atoms with Gasteiger partial charge in [0.2, 0.25) is 5.89 Å². The molecule has 0 radical (unpaired) electrons. The lowest BCUT2D eigenvalue weighted by molar-refractivity contribution is 0.102. The monoisotopic (exact) mass is 396 g/mol. The summed E-state index contributed by atoms with van der Waals surface area (Å²) < 4.78 is 5.85. The molecule has 3 aromatic carbocycles. The second kappa shape index (κ2) is 7.06. The third-order valence-corrected chi connectivity index (χ3v) is 4.78.